The van der Waals surface area contributed by atoms with Gasteiger partial charge in [0.05, 0.1) is 0 Å². The van der Waals surface area contributed by atoms with Gasteiger partial charge in [-0.05, 0) is 42.4 Å². The van der Waals surface area contributed by atoms with E-state index in [2.05, 4.69) is 26.1 Å². The van der Waals surface area contributed by atoms with E-state index in [1.807, 2.05) is 75.4 Å². The SMILES string of the molecule is CCC(C)NC(=O)C(CC)N(Cc1ccccc1)C(=O)COc1ccccc1C(C)(C)C. The van der Waals surface area contributed by atoms with E-state index >= 15 is 0 Å². The third kappa shape index (κ3) is 7.11. The Kier molecular flexibility index (Phi) is 9.30. The highest BCUT2D eigenvalue weighted by Gasteiger charge is 2.30. The van der Waals surface area contributed by atoms with Crippen molar-refractivity contribution in [3.05, 3.63) is 65.7 Å². The molecule has 0 saturated heterocycles. The van der Waals surface area contributed by atoms with Crippen LogP contribution in [0.15, 0.2) is 54.6 Å². The molecule has 0 radical (unpaired) electrons. The molecule has 32 heavy (non-hydrogen) atoms. The number of rotatable bonds is 10. The van der Waals surface area contributed by atoms with Crippen molar-refractivity contribution in [2.24, 2.45) is 0 Å². The van der Waals surface area contributed by atoms with Crippen molar-refractivity contribution in [1.82, 2.24) is 10.2 Å². The molecule has 0 fully saturated rings. The minimum atomic E-state index is -0.557. The van der Waals surface area contributed by atoms with Crippen molar-refractivity contribution in [2.45, 2.75) is 78.4 Å². The molecule has 2 rings (SSSR count). The first kappa shape index (κ1) is 25.4. The number of ether oxygens (including phenoxy) is 1. The van der Waals surface area contributed by atoms with Crippen LogP contribution < -0.4 is 10.1 Å². The molecule has 0 heterocycles. The van der Waals surface area contributed by atoms with E-state index in [-0.39, 0.29) is 29.9 Å². The van der Waals surface area contributed by atoms with Crippen molar-refractivity contribution in [1.29, 1.82) is 0 Å². The zero-order valence-corrected chi connectivity index (χ0v) is 20.4. The Morgan fingerprint density at radius 2 is 1.59 bits per heavy atom. The molecule has 1 N–H and O–H groups in total. The first-order chi connectivity index (χ1) is 15.2. The lowest BCUT2D eigenvalue weighted by molar-refractivity contribution is -0.143. The van der Waals surface area contributed by atoms with Crippen LogP contribution in [0.1, 0.15) is 65.5 Å². The Bertz CT molecular complexity index is 874. The van der Waals surface area contributed by atoms with Gasteiger partial charge in [0, 0.05) is 12.6 Å². The maximum absolute atomic E-state index is 13.4. The molecular weight excluding hydrogens is 400 g/mol. The van der Waals surface area contributed by atoms with Crippen molar-refractivity contribution in [2.75, 3.05) is 6.61 Å². The van der Waals surface area contributed by atoms with Gasteiger partial charge in [0.15, 0.2) is 6.61 Å². The van der Waals surface area contributed by atoms with E-state index in [1.54, 1.807) is 4.90 Å². The average Bonchev–Trinajstić information content (AvgIpc) is 2.77. The molecule has 0 aliphatic carbocycles. The highest BCUT2D eigenvalue weighted by atomic mass is 16.5. The summed E-state index contributed by atoms with van der Waals surface area (Å²) in [5.74, 6) is 0.370. The molecule has 5 nitrogen and oxygen atoms in total. The third-order valence-electron chi connectivity index (χ3n) is 5.63. The van der Waals surface area contributed by atoms with Gasteiger partial charge in [0.2, 0.25) is 5.91 Å². The van der Waals surface area contributed by atoms with Crippen LogP contribution in [0.2, 0.25) is 0 Å². The Morgan fingerprint density at radius 1 is 0.969 bits per heavy atom. The number of hydrogen-bond acceptors (Lipinski definition) is 3. The molecule has 174 valence electrons. The number of nitrogens with zero attached hydrogens (tertiary/aromatic N) is 1. The number of para-hydroxylation sites is 1. The zero-order chi connectivity index (χ0) is 23.7. The highest BCUT2D eigenvalue weighted by Crippen LogP contribution is 2.31. The largest absolute Gasteiger partial charge is 0.483 e. The van der Waals surface area contributed by atoms with Gasteiger partial charge in [-0.15, -0.1) is 0 Å². The lowest BCUT2D eigenvalue weighted by Gasteiger charge is -2.31. The maximum atomic E-state index is 13.4. The summed E-state index contributed by atoms with van der Waals surface area (Å²) in [6, 6.07) is 17.0. The quantitative estimate of drug-likeness (QED) is 0.562. The molecule has 0 aliphatic heterocycles. The Morgan fingerprint density at radius 3 is 2.19 bits per heavy atom. The molecule has 2 aromatic rings. The Balaban J connectivity index is 2.25. The van der Waals surface area contributed by atoms with Crippen LogP contribution >= 0.6 is 0 Å². The van der Waals surface area contributed by atoms with Crippen molar-refractivity contribution in [3.8, 4) is 5.75 Å². The van der Waals surface area contributed by atoms with Crippen LogP contribution in [-0.2, 0) is 21.5 Å². The summed E-state index contributed by atoms with van der Waals surface area (Å²) in [5, 5.41) is 3.03. The molecule has 2 atom stereocenters. The second-order valence-electron chi connectivity index (χ2n) is 9.28. The van der Waals surface area contributed by atoms with E-state index in [0.29, 0.717) is 18.7 Å². The monoisotopic (exact) mass is 438 g/mol. The van der Waals surface area contributed by atoms with Crippen LogP contribution in [0, 0.1) is 0 Å². The summed E-state index contributed by atoms with van der Waals surface area (Å²) in [4.78, 5) is 28.0. The summed E-state index contributed by atoms with van der Waals surface area (Å²) < 4.78 is 6.00. The minimum absolute atomic E-state index is 0.0557. The number of benzene rings is 2. The normalized spacial score (nSPS) is 13.2. The summed E-state index contributed by atoms with van der Waals surface area (Å²) in [5.41, 5.74) is 1.92. The van der Waals surface area contributed by atoms with Crippen molar-refractivity contribution >= 4 is 11.8 Å². The molecule has 2 amide bonds. The molecule has 2 aromatic carbocycles. The fraction of sp³-hybridized carbons (Fsp3) is 0.481. The van der Waals surface area contributed by atoms with Crippen LogP contribution in [0.4, 0.5) is 0 Å². The van der Waals surface area contributed by atoms with Gasteiger partial charge >= 0.3 is 0 Å². The zero-order valence-electron chi connectivity index (χ0n) is 20.4. The molecule has 0 aromatic heterocycles. The fourth-order valence-corrected chi connectivity index (χ4v) is 3.58. The van der Waals surface area contributed by atoms with Gasteiger partial charge in [0.25, 0.3) is 5.91 Å². The van der Waals surface area contributed by atoms with Gasteiger partial charge in [-0.2, -0.15) is 0 Å². The average molecular weight is 439 g/mol. The van der Waals surface area contributed by atoms with Crippen molar-refractivity contribution < 1.29 is 14.3 Å². The van der Waals surface area contributed by atoms with E-state index < -0.39 is 6.04 Å². The van der Waals surface area contributed by atoms with Crippen LogP contribution in [0.5, 0.6) is 5.75 Å². The molecule has 0 saturated carbocycles. The van der Waals surface area contributed by atoms with E-state index in [4.69, 9.17) is 4.74 Å². The summed E-state index contributed by atoms with van der Waals surface area (Å²) in [6.07, 6.45) is 1.36. The highest BCUT2D eigenvalue weighted by molar-refractivity contribution is 5.88. The molecule has 0 aliphatic rings. The van der Waals surface area contributed by atoms with E-state index in [0.717, 1.165) is 17.5 Å². The van der Waals surface area contributed by atoms with Crippen LogP contribution in [0.3, 0.4) is 0 Å². The molecule has 2 unspecified atom stereocenters. The number of amides is 2. The van der Waals surface area contributed by atoms with Gasteiger partial charge in [0.1, 0.15) is 11.8 Å². The van der Waals surface area contributed by atoms with Gasteiger partial charge in [-0.25, -0.2) is 0 Å². The molecule has 5 heteroatoms. The summed E-state index contributed by atoms with van der Waals surface area (Å²) in [6.45, 7) is 12.5. The number of carbonyl (C=O) groups excluding carboxylic acids is 2. The molecule has 0 bridgehead atoms. The van der Waals surface area contributed by atoms with Gasteiger partial charge in [-0.3, -0.25) is 9.59 Å². The summed E-state index contributed by atoms with van der Waals surface area (Å²) >= 11 is 0. The van der Waals surface area contributed by atoms with E-state index in [1.165, 1.54) is 0 Å². The van der Waals surface area contributed by atoms with Gasteiger partial charge in [-0.1, -0.05) is 83.1 Å². The topological polar surface area (TPSA) is 58.6 Å². The first-order valence-electron chi connectivity index (χ1n) is 11.5. The summed E-state index contributed by atoms with van der Waals surface area (Å²) in [7, 11) is 0. The Labute approximate surface area is 193 Å². The second-order valence-corrected chi connectivity index (χ2v) is 9.28. The number of nitrogens with one attached hydrogen (secondary N) is 1. The minimum Gasteiger partial charge on any atom is -0.483 e. The van der Waals surface area contributed by atoms with Crippen molar-refractivity contribution in [3.63, 3.8) is 0 Å². The molecular formula is C27H38N2O3. The maximum Gasteiger partial charge on any atom is 0.261 e. The van der Waals surface area contributed by atoms with Crippen LogP contribution in [0.25, 0.3) is 0 Å². The van der Waals surface area contributed by atoms with Gasteiger partial charge < -0.3 is 15.0 Å². The molecule has 0 spiro atoms. The fourth-order valence-electron chi connectivity index (χ4n) is 3.58. The van der Waals surface area contributed by atoms with E-state index in [9.17, 15) is 9.59 Å². The number of hydrogen-bond donors (Lipinski definition) is 1. The predicted octanol–water partition coefficient (Wildman–Crippen LogP) is 5.09. The van der Waals surface area contributed by atoms with Crippen LogP contribution in [-0.4, -0.2) is 35.4 Å². The predicted molar refractivity (Wildman–Crippen MR) is 130 cm³/mol. The first-order valence-corrected chi connectivity index (χ1v) is 11.5. The standard InChI is InChI=1S/C27H38N2O3/c1-7-20(3)28-26(31)23(8-2)29(18-21-14-10-9-11-15-21)25(30)19-32-24-17-13-12-16-22(24)27(4,5)6/h9-17,20,23H,7-8,18-19H2,1-6H3,(H,28,31). The number of carbonyl (C=O) groups is 2. The smallest absolute Gasteiger partial charge is 0.261 e. The lowest BCUT2D eigenvalue weighted by Crippen LogP contribution is -2.51. The second kappa shape index (κ2) is 11.7. The Hall–Kier alpha value is -2.82. The third-order valence-corrected chi connectivity index (χ3v) is 5.63. The lowest BCUT2D eigenvalue weighted by atomic mass is 9.86.